The molecule has 0 atom stereocenters. The fourth-order valence-corrected chi connectivity index (χ4v) is 11.9. The second-order valence-electron chi connectivity index (χ2n) is 14.6. The van der Waals surface area contributed by atoms with E-state index in [4.69, 9.17) is 17.5 Å². The lowest BCUT2D eigenvalue weighted by Crippen LogP contribution is -2.13. The van der Waals surface area contributed by atoms with E-state index < -0.39 is 17.7 Å². The maximum Gasteiger partial charge on any atom is 0.215 e. The van der Waals surface area contributed by atoms with Gasteiger partial charge in [-0.25, -0.2) is 8.42 Å². The van der Waals surface area contributed by atoms with Crippen LogP contribution in [0.15, 0.2) is 0 Å². The van der Waals surface area contributed by atoms with E-state index >= 15 is 0 Å². The van der Waals surface area contributed by atoms with Crippen LogP contribution in [0.25, 0.3) is 0 Å². The molecule has 0 aliphatic carbocycles. The highest BCUT2D eigenvalue weighted by Crippen LogP contribution is 2.61. The lowest BCUT2D eigenvalue weighted by Gasteiger charge is -2.28. The van der Waals surface area contributed by atoms with Crippen molar-refractivity contribution < 1.29 is 17.5 Å². The minimum atomic E-state index is -4.92. The van der Waals surface area contributed by atoms with Gasteiger partial charge in [0.15, 0.2) is 0 Å². The van der Waals surface area contributed by atoms with Crippen molar-refractivity contribution in [3.05, 3.63) is 0 Å². The zero-order chi connectivity index (χ0) is 34.5. The Balaban J connectivity index is 0. The maximum absolute atomic E-state index is 8.63. The van der Waals surface area contributed by atoms with Gasteiger partial charge in [0.2, 0.25) is 10.4 Å². The fraction of sp³-hybridized carbons (Fsp3) is 1.00. The van der Waals surface area contributed by atoms with Crippen LogP contribution in [0, 0.1) is 0 Å². The van der Waals surface area contributed by atoms with E-state index in [1.54, 1.807) is 50.3 Å². The molecule has 0 aromatic rings. The minimum Gasteiger partial charge on any atom is -0.726 e. The summed E-state index contributed by atoms with van der Waals surface area (Å²) < 4.78 is 32.8. The minimum absolute atomic E-state index is 0.761. The fourth-order valence-electron chi connectivity index (χ4n) is 7.00. The van der Waals surface area contributed by atoms with Gasteiger partial charge in [-0.05, 0) is 51.4 Å². The van der Waals surface area contributed by atoms with Crippen LogP contribution in [0.5, 0.6) is 0 Å². The van der Waals surface area contributed by atoms with Crippen LogP contribution in [0.4, 0.5) is 0 Å². The van der Waals surface area contributed by atoms with Crippen molar-refractivity contribution >= 4 is 17.7 Å². The summed E-state index contributed by atoms with van der Waals surface area (Å²) in [6.45, 7) is 9.37. The van der Waals surface area contributed by atoms with Crippen LogP contribution in [0.2, 0.25) is 0 Å². The summed E-state index contributed by atoms with van der Waals surface area (Å²) in [4.78, 5) is 0. The molecular formula is C40H85O4PS. The molecule has 0 bridgehead atoms. The van der Waals surface area contributed by atoms with Gasteiger partial charge in [-0.15, -0.1) is 0 Å². The normalized spacial score (nSPS) is 12.0. The van der Waals surface area contributed by atoms with Crippen molar-refractivity contribution in [2.45, 2.75) is 233 Å². The van der Waals surface area contributed by atoms with Gasteiger partial charge >= 0.3 is 0 Å². The van der Waals surface area contributed by atoms with Crippen molar-refractivity contribution in [2.75, 3.05) is 24.6 Å². The molecule has 0 saturated carbocycles. The average Bonchev–Trinajstić information content (AvgIpc) is 3.01. The molecule has 0 spiro atoms. The first-order chi connectivity index (χ1) is 22.2. The average molecular weight is 693 g/mol. The highest BCUT2D eigenvalue weighted by molar-refractivity contribution is 7.79. The molecule has 1 N–H and O–H groups in total. The van der Waals surface area contributed by atoms with Gasteiger partial charge < -0.3 is 4.55 Å². The van der Waals surface area contributed by atoms with E-state index in [1.165, 1.54) is 180 Å². The lowest BCUT2D eigenvalue weighted by atomic mass is 10.1. The largest absolute Gasteiger partial charge is 0.726 e. The van der Waals surface area contributed by atoms with Gasteiger partial charge in [-0.3, -0.25) is 4.55 Å². The van der Waals surface area contributed by atoms with Crippen molar-refractivity contribution in [1.82, 2.24) is 0 Å². The van der Waals surface area contributed by atoms with Crippen molar-refractivity contribution in [1.29, 1.82) is 0 Å². The molecule has 0 aromatic heterocycles. The molecule has 0 aliphatic rings. The van der Waals surface area contributed by atoms with Crippen LogP contribution >= 0.6 is 7.26 Å². The number of hydrogen-bond acceptors (Lipinski definition) is 3. The first-order valence-corrected chi connectivity index (χ1v) is 24.7. The van der Waals surface area contributed by atoms with E-state index in [2.05, 4.69) is 27.7 Å². The van der Waals surface area contributed by atoms with Crippen molar-refractivity contribution in [3.8, 4) is 0 Å². The van der Waals surface area contributed by atoms with Crippen molar-refractivity contribution in [3.63, 3.8) is 0 Å². The molecule has 0 fully saturated rings. The van der Waals surface area contributed by atoms with Gasteiger partial charge in [0.05, 0.1) is 24.6 Å². The Bertz CT molecular complexity index is 577. The van der Waals surface area contributed by atoms with Gasteiger partial charge in [0.1, 0.15) is 0 Å². The first-order valence-electron chi connectivity index (χ1n) is 20.8. The zero-order valence-corrected chi connectivity index (χ0v) is 33.7. The van der Waals surface area contributed by atoms with Gasteiger partial charge in [0, 0.05) is 7.26 Å². The standard InChI is InChI=1S/C40H84P.H2O4S/c1-5-9-13-17-21-25-29-33-37-41(38-34-30-26-22-18-14-10-6-2,39-35-31-27-23-19-15-11-7-3)40-36-32-28-24-20-16-12-8-4;1-5(2,3)4/h5-40H2,1-4H3;(H2,1,2,3,4)/q+1;/p-1. The topological polar surface area (TPSA) is 77.4 Å². The molecule has 0 aliphatic heterocycles. The summed E-state index contributed by atoms with van der Waals surface area (Å²) in [6, 6.07) is 0. The van der Waals surface area contributed by atoms with E-state index in [9.17, 15) is 0 Å². The monoisotopic (exact) mass is 693 g/mol. The molecule has 0 radical (unpaired) electrons. The number of rotatable bonds is 36. The second-order valence-corrected chi connectivity index (χ2v) is 19.9. The number of unbranched alkanes of at least 4 members (excludes halogenated alkanes) is 28. The third kappa shape index (κ3) is 42.3. The summed E-state index contributed by atoms with van der Waals surface area (Å²) in [5.74, 6) is 0. The maximum atomic E-state index is 8.63. The molecule has 4 nitrogen and oxygen atoms in total. The Kier molecular flexibility index (Phi) is 40.1. The van der Waals surface area contributed by atoms with E-state index in [0.717, 1.165) is 0 Å². The Hall–Kier alpha value is 0.300. The molecule has 6 heteroatoms. The Morgan fingerprint density at radius 1 is 0.348 bits per heavy atom. The third-order valence-corrected chi connectivity index (χ3v) is 15.0. The summed E-state index contributed by atoms with van der Waals surface area (Å²) in [5.41, 5.74) is 0. The van der Waals surface area contributed by atoms with Crippen LogP contribution in [0.3, 0.4) is 0 Å². The van der Waals surface area contributed by atoms with Crippen molar-refractivity contribution in [2.24, 2.45) is 0 Å². The molecule has 0 unspecified atom stereocenters. The smallest absolute Gasteiger partial charge is 0.215 e. The molecule has 0 saturated heterocycles. The van der Waals surface area contributed by atoms with E-state index in [-0.39, 0.29) is 0 Å². The molecule has 280 valence electrons. The molecule has 0 amide bonds. The third-order valence-electron chi connectivity index (χ3n) is 9.94. The summed E-state index contributed by atoms with van der Waals surface area (Å²) in [5, 5.41) is 0. The van der Waals surface area contributed by atoms with Gasteiger partial charge in [0.25, 0.3) is 0 Å². The predicted octanol–water partition coefficient (Wildman–Crippen LogP) is 14.6. The lowest BCUT2D eigenvalue weighted by molar-refractivity contribution is 0.366. The molecule has 0 heterocycles. The van der Waals surface area contributed by atoms with E-state index in [0.29, 0.717) is 0 Å². The van der Waals surface area contributed by atoms with Crippen LogP contribution in [0.1, 0.15) is 233 Å². The van der Waals surface area contributed by atoms with E-state index in [1.807, 2.05) is 0 Å². The van der Waals surface area contributed by atoms with Crippen LogP contribution in [-0.2, 0) is 10.4 Å². The van der Waals surface area contributed by atoms with Gasteiger partial charge in [-0.2, -0.15) is 0 Å². The first kappa shape index (κ1) is 48.4. The van der Waals surface area contributed by atoms with Crippen LogP contribution < -0.4 is 0 Å². The quantitative estimate of drug-likeness (QED) is 0.0307. The molecule has 46 heavy (non-hydrogen) atoms. The second kappa shape index (κ2) is 38.1. The summed E-state index contributed by atoms with van der Waals surface area (Å²) >= 11 is 0. The summed E-state index contributed by atoms with van der Waals surface area (Å²) in [7, 11) is -5.68. The summed E-state index contributed by atoms with van der Waals surface area (Å²) in [6.07, 6.45) is 54.2. The zero-order valence-electron chi connectivity index (χ0n) is 32.0. The molecular weight excluding hydrogens is 607 g/mol. The SMILES string of the molecule is CCCCCCCCCC[P+](CCCCCCCCCC)(CCCCCCCCCC)CCCCCCCCCC.O=S(=O)([O-])O. The molecule has 0 aromatic carbocycles. The number of hydrogen-bond donors (Lipinski definition) is 1. The van der Waals surface area contributed by atoms with Gasteiger partial charge in [-0.1, -0.05) is 182 Å². The Labute approximate surface area is 292 Å². The predicted molar refractivity (Wildman–Crippen MR) is 209 cm³/mol. The molecule has 0 rings (SSSR count). The van der Waals surface area contributed by atoms with Crippen LogP contribution in [-0.4, -0.2) is 42.2 Å². The Morgan fingerprint density at radius 3 is 0.630 bits per heavy atom. The highest BCUT2D eigenvalue weighted by atomic mass is 32.3. The highest BCUT2D eigenvalue weighted by Gasteiger charge is 2.35. The Morgan fingerprint density at radius 2 is 0.478 bits per heavy atom.